The number of aryl methyl sites for hydroxylation is 1. The highest BCUT2D eigenvalue weighted by atomic mass is 19.1. The fourth-order valence-electron chi connectivity index (χ4n) is 3.68. The van der Waals surface area contributed by atoms with Gasteiger partial charge in [-0.3, -0.25) is 4.79 Å². The van der Waals surface area contributed by atoms with E-state index in [9.17, 15) is 13.6 Å². The maximum atomic E-state index is 14.7. The second kappa shape index (κ2) is 9.32. The number of carbonyl (C=O) groups excluding carboxylic acids is 1. The van der Waals surface area contributed by atoms with Gasteiger partial charge in [-0.1, -0.05) is 6.07 Å². The van der Waals surface area contributed by atoms with Crippen molar-refractivity contribution in [3.05, 3.63) is 71.4 Å². The van der Waals surface area contributed by atoms with Crippen LogP contribution >= 0.6 is 0 Å². The number of hydrogen-bond donors (Lipinski definition) is 1. The standard InChI is InChI=1S/C24H23F2N3O3/c1-15-3-5-18(21(13-15)31-2)24(30)28-22-17(19-14-16(25)4-6-20(19)26)7-8-27-23(22)29-9-11-32-12-10-29/h3-8,13-14H,9-12H2,1-2H3,(H,28,30). The van der Waals surface area contributed by atoms with Gasteiger partial charge in [0.2, 0.25) is 0 Å². The fourth-order valence-corrected chi connectivity index (χ4v) is 3.68. The van der Waals surface area contributed by atoms with E-state index < -0.39 is 17.5 Å². The van der Waals surface area contributed by atoms with Gasteiger partial charge in [-0.15, -0.1) is 0 Å². The predicted molar refractivity (Wildman–Crippen MR) is 118 cm³/mol. The van der Waals surface area contributed by atoms with Gasteiger partial charge < -0.3 is 19.7 Å². The molecule has 0 unspecified atom stereocenters. The predicted octanol–water partition coefficient (Wildman–Crippen LogP) is 4.43. The molecule has 0 atom stereocenters. The first-order valence-corrected chi connectivity index (χ1v) is 10.2. The van der Waals surface area contributed by atoms with Crippen molar-refractivity contribution in [1.29, 1.82) is 0 Å². The lowest BCUT2D eigenvalue weighted by Crippen LogP contribution is -2.37. The Labute approximate surface area is 184 Å². The molecular formula is C24H23F2N3O3. The van der Waals surface area contributed by atoms with Crippen LogP contribution in [0.25, 0.3) is 11.1 Å². The largest absolute Gasteiger partial charge is 0.496 e. The van der Waals surface area contributed by atoms with Crippen LogP contribution < -0.4 is 15.0 Å². The van der Waals surface area contributed by atoms with Gasteiger partial charge in [0.15, 0.2) is 5.82 Å². The van der Waals surface area contributed by atoms with Gasteiger partial charge in [0.25, 0.3) is 5.91 Å². The Hall–Kier alpha value is -3.52. The zero-order chi connectivity index (χ0) is 22.7. The minimum atomic E-state index is -0.603. The number of morpholine rings is 1. The van der Waals surface area contributed by atoms with Crippen LogP contribution in [0.2, 0.25) is 0 Å². The first-order valence-electron chi connectivity index (χ1n) is 10.2. The van der Waals surface area contributed by atoms with E-state index in [1.54, 1.807) is 24.3 Å². The Morgan fingerprint density at radius 2 is 1.88 bits per heavy atom. The number of rotatable bonds is 5. The molecule has 0 aliphatic carbocycles. The quantitative estimate of drug-likeness (QED) is 0.637. The van der Waals surface area contributed by atoms with Crippen molar-refractivity contribution in [2.75, 3.05) is 43.6 Å². The van der Waals surface area contributed by atoms with Gasteiger partial charge in [-0.25, -0.2) is 13.8 Å². The Kier molecular flexibility index (Phi) is 6.32. The minimum absolute atomic E-state index is 0.0353. The number of nitrogens with one attached hydrogen (secondary N) is 1. The van der Waals surface area contributed by atoms with Crippen LogP contribution in [0.3, 0.4) is 0 Å². The third kappa shape index (κ3) is 4.40. The van der Waals surface area contributed by atoms with Crippen LogP contribution in [0.15, 0.2) is 48.7 Å². The highest BCUT2D eigenvalue weighted by Gasteiger charge is 2.24. The van der Waals surface area contributed by atoms with E-state index in [1.807, 2.05) is 11.8 Å². The van der Waals surface area contributed by atoms with E-state index in [-0.39, 0.29) is 5.56 Å². The summed E-state index contributed by atoms with van der Waals surface area (Å²) < 4.78 is 39.4. The molecule has 1 aromatic heterocycles. The summed E-state index contributed by atoms with van der Waals surface area (Å²) in [6.07, 6.45) is 1.52. The van der Waals surface area contributed by atoms with E-state index in [1.165, 1.54) is 13.3 Å². The number of ether oxygens (including phenoxy) is 2. The molecule has 0 bridgehead atoms. The fraction of sp³-hybridized carbons (Fsp3) is 0.250. The molecule has 6 nitrogen and oxygen atoms in total. The van der Waals surface area contributed by atoms with Crippen LogP contribution in [0.5, 0.6) is 5.75 Å². The van der Waals surface area contributed by atoms with Gasteiger partial charge in [0, 0.05) is 30.4 Å². The SMILES string of the molecule is COc1cc(C)ccc1C(=O)Nc1c(-c2cc(F)ccc2F)ccnc1N1CCOCC1. The molecule has 1 aliphatic rings. The molecule has 1 fully saturated rings. The lowest BCUT2D eigenvalue weighted by Gasteiger charge is -2.30. The highest BCUT2D eigenvalue weighted by Crippen LogP contribution is 2.37. The summed E-state index contributed by atoms with van der Waals surface area (Å²) in [4.78, 5) is 19.6. The Morgan fingerprint density at radius 3 is 2.62 bits per heavy atom. The monoisotopic (exact) mass is 439 g/mol. The van der Waals surface area contributed by atoms with E-state index in [0.717, 1.165) is 23.8 Å². The maximum absolute atomic E-state index is 14.7. The lowest BCUT2D eigenvalue weighted by molar-refractivity contribution is 0.102. The van der Waals surface area contributed by atoms with Crippen molar-refractivity contribution in [1.82, 2.24) is 4.98 Å². The summed E-state index contributed by atoms with van der Waals surface area (Å²) in [6.45, 7) is 4.00. The maximum Gasteiger partial charge on any atom is 0.259 e. The van der Waals surface area contributed by atoms with E-state index in [0.29, 0.717) is 54.7 Å². The molecule has 4 rings (SSSR count). The van der Waals surface area contributed by atoms with Gasteiger partial charge in [-0.05, 0) is 48.9 Å². The van der Waals surface area contributed by atoms with Crippen molar-refractivity contribution in [2.45, 2.75) is 6.92 Å². The number of benzene rings is 2. The normalized spacial score (nSPS) is 13.7. The van der Waals surface area contributed by atoms with Crippen molar-refractivity contribution in [3.8, 4) is 16.9 Å². The topological polar surface area (TPSA) is 63.7 Å². The number of anilines is 2. The number of pyridine rings is 1. The molecule has 1 N–H and O–H groups in total. The highest BCUT2D eigenvalue weighted by molar-refractivity contribution is 6.09. The average Bonchev–Trinajstić information content (AvgIpc) is 2.81. The number of hydrogen-bond acceptors (Lipinski definition) is 5. The summed E-state index contributed by atoms with van der Waals surface area (Å²) in [7, 11) is 1.49. The van der Waals surface area contributed by atoms with Crippen molar-refractivity contribution in [2.24, 2.45) is 0 Å². The number of aromatic nitrogens is 1. The number of halogens is 2. The van der Waals surface area contributed by atoms with Gasteiger partial charge in [0.05, 0.1) is 31.6 Å². The Balaban J connectivity index is 1.83. The molecule has 0 saturated carbocycles. The first kappa shape index (κ1) is 21.7. The summed E-state index contributed by atoms with van der Waals surface area (Å²) in [6, 6.07) is 10.0. The molecule has 2 heterocycles. The van der Waals surface area contributed by atoms with Gasteiger partial charge in [0.1, 0.15) is 17.4 Å². The second-order valence-electron chi connectivity index (χ2n) is 7.44. The smallest absolute Gasteiger partial charge is 0.259 e. The second-order valence-corrected chi connectivity index (χ2v) is 7.44. The molecule has 1 saturated heterocycles. The third-order valence-electron chi connectivity index (χ3n) is 5.30. The number of methoxy groups -OCH3 is 1. The number of carbonyl (C=O) groups is 1. The summed E-state index contributed by atoms with van der Waals surface area (Å²) in [5.74, 6) is -0.744. The van der Waals surface area contributed by atoms with Crippen molar-refractivity contribution < 1.29 is 23.0 Å². The first-order chi connectivity index (χ1) is 15.5. The molecule has 8 heteroatoms. The molecule has 0 radical (unpaired) electrons. The third-order valence-corrected chi connectivity index (χ3v) is 5.30. The van der Waals surface area contributed by atoms with Crippen LogP contribution in [0, 0.1) is 18.6 Å². The molecule has 32 heavy (non-hydrogen) atoms. The summed E-state index contributed by atoms with van der Waals surface area (Å²) in [5, 5.41) is 2.88. The van der Waals surface area contributed by atoms with E-state index in [2.05, 4.69) is 10.3 Å². The Morgan fingerprint density at radius 1 is 1.09 bits per heavy atom. The number of amides is 1. The molecule has 2 aromatic carbocycles. The Bertz CT molecular complexity index is 1150. The molecular weight excluding hydrogens is 416 g/mol. The molecule has 166 valence electrons. The van der Waals surface area contributed by atoms with Crippen LogP contribution in [-0.4, -0.2) is 44.3 Å². The minimum Gasteiger partial charge on any atom is -0.496 e. The molecule has 0 spiro atoms. The zero-order valence-corrected chi connectivity index (χ0v) is 17.8. The average molecular weight is 439 g/mol. The zero-order valence-electron chi connectivity index (χ0n) is 17.8. The van der Waals surface area contributed by atoms with E-state index in [4.69, 9.17) is 9.47 Å². The molecule has 1 aliphatic heterocycles. The molecule has 1 amide bonds. The van der Waals surface area contributed by atoms with Crippen LogP contribution in [0.1, 0.15) is 15.9 Å². The van der Waals surface area contributed by atoms with Gasteiger partial charge >= 0.3 is 0 Å². The van der Waals surface area contributed by atoms with Crippen molar-refractivity contribution in [3.63, 3.8) is 0 Å². The van der Waals surface area contributed by atoms with Gasteiger partial charge in [-0.2, -0.15) is 0 Å². The summed E-state index contributed by atoms with van der Waals surface area (Å²) in [5.41, 5.74) is 1.93. The summed E-state index contributed by atoms with van der Waals surface area (Å²) >= 11 is 0. The lowest BCUT2D eigenvalue weighted by atomic mass is 10.0. The number of nitrogens with zero attached hydrogens (tertiary/aromatic N) is 2. The van der Waals surface area contributed by atoms with Crippen LogP contribution in [-0.2, 0) is 4.74 Å². The van der Waals surface area contributed by atoms with Crippen LogP contribution in [0.4, 0.5) is 20.3 Å². The molecule has 3 aromatic rings. The van der Waals surface area contributed by atoms with Crippen molar-refractivity contribution >= 4 is 17.4 Å². The van der Waals surface area contributed by atoms with E-state index >= 15 is 0 Å².